The number of aromatic carboxylic acids is 1. The molecule has 0 aliphatic carbocycles. The van der Waals surface area contributed by atoms with Crippen molar-refractivity contribution in [1.82, 2.24) is 4.98 Å². The Hall–Kier alpha value is -1.07. The van der Waals surface area contributed by atoms with Gasteiger partial charge in [0.1, 0.15) is 5.69 Å². The number of aromatic nitrogens is 1. The molecule has 0 aromatic carbocycles. The van der Waals surface area contributed by atoms with Crippen LogP contribution in [0.1, 0.15) is 23.8 Å². The van der Waals surface area contributed by atoms with E-state index < -0.39 is 5.97 Å². The Morgan fingerprint density at radius 1 is 1.67 bits per heavy atom. The Balaban J connectivity index is 2.54. The van der Waals surface area contributed by atoms with Gasteiger partial charge in [0.25, 0.3) is 0 Å². The first-order valence-corrected chi connectivity index (χ1v) is 5.58. The van der Waals surface area contributed by atoms with Gasteiger partial charge in [0.2, 0.25) is 0 Å². The number of carboxylic acid groups (broad SMARTS) is 1. The number of hydrogen-bond donors (Lipinski definition) is 2. The number of rotatable bonds is 5. The van der Waals surface area contributed by atoms with Crippen LogP contribution >= 0.6 is 11.8 Å². The maximum atomic E-state index is 10.6. The van der Waals surface area contributed by atoms with Gasteiger partial charge in [-0.15, -0.1) is 11.8 Å². The van der Waals surface area contributed by atoms with Crippen LogP contribution in [-0.2, 0) is 0 Å². The quantitative estimate of drug-likeness (QED) is 0.748. The number of thioether (sulfide) groups is 1. The van der Waals surface area contributed by atoms with Crippen LogP contribution in [0.5, 0.6) is 0 Å². The third-order valence-corrected chi connectivity index (χ3v) is 2.78. The Morgan fingerprint density at radius 2 is 2.40 bits per heavy atom. The fourth-order valence-corrected chi connectivity index (χ4v) is 2.01. The number of aliphatic hydroxyl groups excluding tert-OH is 1. The zero-order chi connectivity index (χ0) is 11.3. The summed E-state index contributed by atoms with van der Waals surface area (Å²) in [5.74, 6) is -0.256. The zero-order valence-corrected chi connectivity index (χ0v) is 9.20. The zero-order valence-electron chi connectivity index (χ0n) is 8.38. The molecule has 0 aliphatic heterocycles. The summed E-state index contributed by atoms with van der Waals surface area (Å²) in [5, 5.41) is 17.8. The van der Waals surface area contributed by atoms with Crippen molar-refractivity contribution in [2.24, 2.45) is 0 Å². The summed E-state index contributed by atoms with van der Waals surface area (Å²) < 4.78 is 0. The highest BCUT2D eigenvalue weighted by molar-refractivity contribution is 7.99. The van der Waals surface area contributed by atoms with Crippen LogP contribution in [0.4, 0.5) is 0 Å². The van der Waals surface area contributed by atoms with Gasteiger partial charge in [-0.05, 0) is 25.5 Å². The van der Waals surface area contributed by atoms with Crippen LogP contribution in [0.25, 0.3) is 0 Å². The van der Waals surface area contributed by atoms with E-state index in [2.05, 4.69) is 4.98 Å². The van der Waals surface area contributed by atoms with Crippen molar-refractivity contribution in [1.29, 1.82) is 0 Å². The van der Waals surface area contributed by atoms with E-state index in [1.54, 1.807) is 13.0 Å². The molecule has 0 saturated heterocycles. The summed E-state index contributed by atoms with van der Waals surface area (Å²) >= 11 is 1.52. The first kappa shape index (κ1) is 12.0. The van der Waals surface area contributed by atoms with Crippen molar-refractivity contribution in [2.45, 2.75) is 24.3 Å². The lowest BCUT2D eigenvalue weighted by Crippen LogP contribution is -2.01. The fourth-order valence-electron chi connectivity index (χ4n) is 0.965. The molecule has 5 heteroatoms. The van der Waals surface area contributed by atoms with E-state index >= 15 is 0 Å². The van der Waals surface area contributed by atoms with Crippen LogP contribution < -0.4 is 0 Å². The topological polar surface area (TPSA) is 70.4 Å². The average molecular weight is 227 g/mol. The predicted octanol–water partition coefficient (Wildman–Crippen LogP) is 1.64. The highest BCUT2D eigenvalue weighted by Crippen LogP contribution is 2.19. The van der Waals surface area contributed by atoms with Crippen molar-refractivity contribution < 1.29 is 15.0 Å². The Kier molecular flexibility index (Phi) is 4.58. The molecule has 15 heavy (non-hydrogen) atoms. The minimum atomic E-state index is -1.02. The second kappa shape index (κ2) is 5.72. The van der Waals surface area contributed by atoms with Gasteiger partial charge in [0, 0.05) is 16.8 Å². The maximum absolute atomic E-state index is 10.6. The molecule has 0 amide bonds. The SMILES string of the molecule is CC(O)CCSc1ccnc(C(=O)O)c1. The normalized spacial score (nSPS) is 12.4. The molecule has 1 rings (SSSR count). The number of nitrogens with zero attached hydrogens (tertiary/aromatic N) is 1. The van der Waals surface area contributed by atoms with Gasteiger partial charge in [0.05, 0.1) is 6.10 Å². The van der Waals surface area contributed by atoms with Gasteiger partial charge in [-0.3, -0.25) is 0 Å². The first-order chi connectivity index (χ1) is 7.09. The molecule has 0 saturated carbocycles. The van der Waals surface area contributed by atoms with Crippen molar-refractivity contribution >= 4 is 17.7 Å². The van der Waals surface area contributed by atoms with E-state index in [4.69, 9.17) is 10.2 Å². The van der Waals surface area contributed by atoms with Gasteiger partial charge in [-0.2, -0.15) is 0 Å². The molecule has 2 N–H and O–H groups in total. The predicted molar refractivity (Wildman–Crippen MR) is 58.2 cm³/mol. The van der Waals surface area contributed by atoms with Gasteiger partial charge in [-0.1, -0.05) is 0 Å². The molecular weight excluding hydrogens is 214 g/mol. The minimum absolute atomic E-state index is 0.0528. The van der Waals surface area contributed by atoms with E-state index in [9.17, 15) is 4.79 Å². The Morgan fingerprint density at radius 3 is 3.00 bits per heavy atom. The van der Waals surface area contributed by atoms with Crippen molar-refractivity contribution in [2.75, 3.05) is 5.75 Å². The molecule has 0 aliphatic rings. The number of hydrogen-bond acceptors (Lipinski definition) is 4. The van der Waals surface area contributed by atoms with Crippen LogP contribution in [0.3, 0.4) is 0 Å². The second-order valence-corrected chi connectivity index (χ2v) is 4.34. The van der Waals surface area contributed by atoms with Crippen LogP contribution in [0.2, 0.25) is 0 Å². The largest absolute Gasteiger partial charge is 0.477 e. The van der Waals surface area contributed by atoms with Crippen molar-refractivity contribution in [3.8, 4) is 0 Å². The third-order valence-electron chi connectivity index (χ3n) is 1.75. The van der Waals surface area contributed by atoms with Crippen LogP contribution in [0, 0.1) is 0 Å². The molecule has 1 atom stereocenters. The molecule has 1 heterocycles. The second-order valence-electron chi connectivity index (χ2n) is 3.17. The highest BCUT2D eigenvalue weighted by atomic mass is 32.2. The van der Waals surface area contributed by atoms with E-state index in [1.165, 1.54) is 24.0 Å². The molecule has 82 valence electrons. The first-order valence-electron chi connectivity index (χ1n) is 4.60. The lowest BCUT2D eigenvalue weighted by Gasteiger charge is -2.04. The van der Waals surface area contributed by atoms with Gasteiger partial charge in [0.15, 0.2) is 0 Å². The third kappa shape index (κ3) is 4.31. The molecule has 1 aromatic heterocycles. The molecule has 0 spiro atoms. The van der Waals surface area contributed by atoms with Crippen LogP contribution in [-0.4, -0.2) is 33.0 Å². The molecule has 0 bridgehead atoms. The monoisotopic (exact) mass is 227 g/mol. The summed E-state index contributed by atoms with van der Waals surface area (Å²) in [6.07, 6.45) is 1.85. The highest BCUT2D eigenvalue weighted by Gasteiger charge is 2.05. The van der Waals surface area contributed by atoms with Gasteiger partial charge in [-0.25, -0.2) is 9.78 Å². The van der Waals surface area contributed by atoms with E-state index in [-0.39, 0.29) is 11.8 Å². The summed E-state index contributed by atoms with van der Waals surface area (Å²) in [6.45, 7) is 1.73. The van der Waals surface area contributed by atoms with Gasteiger partial charge >= 0.3 is 5.97 Å². The molecule has 1 aromatic rings. The smallest absolute Gasteiger partial charge is 0.354 e. The number of carbonyl (C=O) groups is 1. The summed E-state index contributed by atoms with van der Waals surface area (Å²) in [7, 11) is 0. The summed E-state index contributed by atoms with van der Waals surface area (Å²) in [5.41, 5.74) is 0.0528. The lowest BCUT2D eigenvalue weighted by atomic mass is 10.3. The standard InChI is InChI=1S/C10H13NO3S/c1-7(12)3-5-15-8-2-4-11-9(6-8)10(13)14/h2,4,6-7,12H,3,5H2,1H3,(H,13,14). The Bertz CT molecular complexity index is 341. The maximum Gasteiger partial charge on any atom is 0.354 e. The number of aliphatic hydroxyl groups is 1. The van der Waals surface area contributed by atoms with Crippen molar-refractivity contribution in [3.05, 3.63) is 24.0 Å². The molecule has 0 radical (unpaired) electrons. The van der Waals surface area contributed by atoms with E-state index in [0.717, 1.165) is 10.6 Å². The molecule has 0 fully saturated rings. The number of carboxylic acids is 1. The summed E-state index contributed by atoms with van der Waals surface area (Å²) in [4.78, 5) is 15.2. The van der Waals surface area contributed by atoms with Crippen molar-refractivity contribution in [3.63, 3.8) is 0 Å². The van der Waals surface area contributed by atoms with Gasteiger partial charge < -0.3 is 10.2 Å². The Labute approximate surface area is 92.3 Å². The minimum Gasteiger partial charge on any atom is -0.477 e. The van der Waals surface area contributed by atoms with E-state index in [1.807, 2.05) is 0 Å². The molecule has 4 nitrogen and oxygen atoms in total. The molecule has 1 unspecified atom stereocenters. The molecular formula is C10H13NO3S. The lowest BCUT2D eigenvalue weighted by molar-refractivity contribution is 0.0690. The average Bonchev–Trinajstić information content (AvgIpc) is 2.17. The fraction of sp³-hybridized carbons (Fsp3) is 0.400. The van der Waals surface area contributed by atoms with Crippen LogP contribution in [0.15, 0.2) is 23.2 Å². The number of pyridine rings is 1. The van der Waals surface area contributed by atoms with E-state index in [0.29, 0.717) is 6.42 Å². The summed E-state index contributed by atoms with van der Waals surface area (Å²) in [6, 6.07) is 3.30.